The number of anilines is 1. The highest BCUT2D eigenvalue weighted by atomic mass is 16.1. The first-order chi connectivity index (χ1) is 11.7. The van der Waals surface area contributed by atoms with Crippen LogP contribution in [0.5, 0.6) is 0 Å². The van der Waals surface area contributed by atoms with Crippen LogP contribution in [0.15, 0.2) is 17.1 Å². The Hall–Kier alpha value is -2.68. The number of nitrogens with zero attached hydrogens (tertiary/aromatic N) is 3. The number of rotatable bonds is 2. The number of hydrogen-bond donors (Lipinski definition) is 1. The molecule has 24 heavy (non-hydrogen) atoms. The zero-order valence-corrected chi connectivity index (χ0v) is 13.3. The van der Waals surface area contributed by atoms with Gasteiger partial charge in [0.2, 0.25) is 0 Å². The van der Waals surface area contributed by atoms with E-state index in [0.717, 1.165) is 25.9 Å². The summed E-state index contributed by atoms with van der Waals surface area (Å²) >= 11 is 0. The van der Waals surface area contributed by atoms with Crippen LogP contribution in [0.3, 0.4) is 0 Å². The maximum Gasteiger partial charge on any atom is 0.268 e. The van der Waals surface area contributed by atoms with E-state index in [1.807, 2.05) is 6.07 Å². The number of aromatic amines is 1. The lowest BCUT2D eigenvalue weighted by Crippen LogP contribution is -2.44. The van der Waals surface area contributed by atoms with E-state index < -0.39 is 5.56 Å². The summed E-state index contributed by atoms with van der Waals surface area (Å²) in [7, 11) is 0. The number of hydrogen-bond acceptors (Lipinski definition) is 5. The van der Waals surface area contributed by atoms with E-state index in [9.17, 15) is 14.9 Å². The molecule has 0 unspecified atom stereocenters. The van der Waals surface area contributed by atoms with Gasteiger partial charge in [-0.3, -0.25) is 14.6 Å². The Balaban J connectivity index is 1.84. The standard InChI is InChI=1S/C18H18N4O2/c19-9-14-16(22-6-4-18(5-7-22)2-1-3-18)13-8-12(11-23)20-10-15(13)21-17(14)24/h8,10-11H,1-7H2,(H,21,24). The quantitative estimate of drug-likeness (QED) is 0.857. The predicted octanol–water partition coefficient (Wildman–Crippen LogP) is 2.38. The fraction of sp³-hybridized carbons (Fsp3) is 0.444. The van der Waals surface area contributed by atoms with Gasteiger partial charge in [-0.2, -0.15) is 5.26 Å². The summed E-state index contributed by atoms with van der Waals surface area (Å²) in [5.74, 6) is 0. The lowest BCUT2D eigenvalue weighted by atomic mass is 9.63. The number of piperidine rings is 1. The van der Waals surface area contributed by atoms with Crippen molar-refractivity contribution in [3.05, 3.63) is 33.9 Å². The second kappa shape index (κ2) is 5.45. The number of H-pyrrole nitrogens is 1. The van der Waals surface area contributed by atoms with Crippen LogP contribution < -0.4 is 10.5 Å². The van der Waals surface area contributed by atoms with Crippen molar-refractivity contribution in [2.24, 2.45) is 5.41 Å². The maximum atomic E-state index is 12.3. The number of pyridine rings is 2. The summed E-state index contributed by atoms with van der Waals surface area (Å²) in [6.07, 6.45) is 8.26. The number of nitrogens with one attached hydrogen (secondary N) is 1. The Bertz CT molecular complexity index is 911. The average Bonchev–Trinajstić information content (AvgIpc) is 2.59. The summed E-state index contributed by atoms with van der Waals surface area (Å²) in [5.41, 5.74) is 1.71. The molecule has 2 aromatic heterocycles. The highest BCUT2D eigenvalue weighted by molar-refractivity contribution is 5.96. The molecule has 0 amide bonds. The second-order valence-electron chi connectivity index (χ2n) is 6.90. The molecule has 0 radical (unpaired) electrons. The molecule has 1 saturated heterocycles. The Kier molecular flexibility index (Phi) is 3.38. The molecule has 122 valence electrons. The van der Waals surface area contributed by atoms with E-state index in [1.165, 1.54) is 25.5 Å². The molecule has 0 atom stereocenters. The molecule has 3 heterocycles. The lowest BCUT2D eigenvalue weighted by molar-refractivity contribution is 0.0956. The van der Waals surface area contributed by atoms with Gasteiger partial charge >= 0.3 is 0 Å². The summed E-state index contributed by atoms with van der Waals surface area (Å²) in [4.78, 5) is 32.2. The van der Waals surface area contributed by atoms with Crippen molar-refractivity contribution in [2.75, 3.05) is 18.0 Å². The van der Waals surface area contributed by atoms with Gasteiger partial charge in [-0.15, -0.1) is 0 Å². The minimum Gasteiger partial charge on any atom is -0.370 e. The van der Waals surface area contributed by atoms with Gasteiger partial charge in [-0.25, -0.2) is 0 Å². The molecule has 1 N–H and O–H groups in total. The van der Waals surface area contributed by atoms with Crippen LogP contribution in [-0.4, -0.2) is 29.3 Å². The van der Waals surface area contributed by atoms with Gasteiger partial charge in [0, 0.05) is 18.5 Å². The number of aldehydes is 1. The van der Waals surface area contributed by atoms with Crippen LogP contribution >= 0.6 is 0 Å². The van der Waals surface area contributed by atoms with Crippen LogP contribution in [0.25, 0.3) is 10.9 Å². The highest BCUT2D eigenvalue weighted by Gasteiger charge is 2.40. The molecule has 6 nitrogen and oxygen atoms in total. The fourth-order valence-corrected chi connectivity index (χ4v) is 4.07. The fourth-order valence-electron chi connectivity index (χ4n) is 4.07. The third-order valence-electron chi connectivity index (χ3n) is 5.68. The molecular formula is C18H18N4O2. The van der Waals surface area contributed by atoms with E-state index in [1.54, 1.807) is 6.07 Å². The van der Waals surface area contributed by atoms with Crippen LogP contribution in [0.1, 0.15) is 48.2 Å². The van der Waals surface area contributed by atoms with E-state index >= 15 is 0 Å². The maximum absolute atomic E-state index is 12.3. The SMILES string of the molecule is N#Cc1c(N2CCC3(CCC3)CC2)c2cc(C=O)ncc2[nH]c1=O. The molecular weight excluding hydrogens is 304 g/mol. The van der Waals surface area contributed by atoms with E-state index in [-0.39, 0.29) is 5.56 Å². The summed E-state index contributed by atoms with van der Waals surface area (Å²) in [5, 5.41) is 10.2. The zero-order valence-electron chi connectivity index (χ0n) is 13.3. The molecule has 2 aromatic rings. The van der Waals surface area contributed by atoms with Crippen molar-refractivity contribution in [2.45, 2.75) is 32.1 Å². The monoisotopic (exact) mass is 322 g/mol. The van der Waals surface area contributed by atoms with Gasteiger partial charge in [0.25, 0.3) is 5.56 Å². The Labute approximate surface area is 139 Å². The van der Waals surface area contributed by atoms with Crippen molar-refractivity contribution in [1.82, 2.24) is 9.97 Å². The largest absolute Gasteiger partial charge is 0.370 e. The highest BCUT2D eigenvalue weighted by Crippen LogP contribution is 2.49. The minimum absolute atomic E-state index is 0.120. The van der Waals surface area contributed by atoms with Gasteiger partial charge in [0.15, 0.2) is 6.29 Å². The topological polar surface area (TPSA) is 89.8 Å². The summed E-state index contributed by atoms with van der Waals surface area (Å²) in [6, 6.07) is 3.70. The number of aromatic nitrogens is 2. The number of nitriles is 1. The van der Waals surface area contributed by atoms with Gasteiger partial charge in [-0.05, 0) is 37.2 Å². The smallest absolute Gasteiger partial charge is 0.268 e. The normalized spacial score (nSPS) is 19.0. The van der Waals surface area contributed by atoms with Gasteiger partial charge in [0.05, 0.1) is 17.4 Å². The summed E-state index contributed by atoms with van der Waals surface area (Å²) < 4.78 is 0. The lowest BCUT2D eigenvalue weighted by Gasteiger charge is -2.48. The van der Waals surface area contributed by atoms with Crippen LogP contribution in [-0.2, 0) is 0 Å². The third kappa shape index (κ3) is 2.20. The molecule has 1 aliphatic heterocycles. The molecule has 0 aromatic carbocycles. The molecule has 1 spiro atoms. The second-order valence-corrected chi connectivity index (χ2v) is 6.90. The Morgan fingerprint density at radius 2 is 2.04 bits per heavy atom. The Morgan fingerprint density at radius 3 is 2.62 bits per heavy atom. The zero-order chi connectivity index (χ0) is 16.7. The van der Waals surface area contributed by atoms with Crippen molar-refractivity contribution in [3.8, 4) is 6.07 Å². The van der Waals surface area contributed by atoms with Crippen LogP contribution in [0, 0.1) is 16.7 Å². The molecule has 1 aliphatic carbocycles. The van der Waals surface area contributed by atoms with E-state index in [0.29, 0.717) is 34.0 Å². The first-order valence-corrected chi connectivity index (χ1v) is 8.32. The number of carbonyl (C=O) groups is 1. The van der Waals surface area contributed by atoms with E-state index in [2.05, 4.69) is 14.9 Å². The van der Waals surface area contributed by atoms with Gasteiger partial charge in [0.1, 0.15) is 17.3 Å². The predicted molar refractivity (Wildman–Crippen MR) is 90.2 cm³/mol. The molecule has 4 rings (SSSR count). The van der Waals surface area contributed by atoms with Gasteiger partial charge in [-0.1, -0.05) is 6.42 Å². The molecule has 0 bridgehead atoms. The first-order valence-electron chi connectivity index (χ1n) is 8.32. The third-order valence-corrected chi connectivity index (χ3v) is 5.68. The number of carbonyl (C=O) groups excluding carboxylic acids is 1. The van der Waals surface area contributed by atoms with Crippen molar-refractivity contribution in [3.63, 3.8) is 0 Å². The van der Waals surface area contributed by atoms with Gasteiger partial charge < -0.3 is 9.88 Å². The van der Waals surface area contributed by atoms with Crippen LogP contribution in [0.4, 0.5) is 5.69 Å². The van der Waals surface area contributed by atoms with Crippen molar-refractivity contribution in [1.29, 1.82) is 5.26 Å². The molecule has 6 heteroatoms. The van der Waals surface area contributed by atoms with Crippen molar-refractivity contribution < 1.29 is 4.79 Å². The minimum atomic E-state index is -0.399. The summed E-state index contributed by atoms with van der Waals surface area (Å²) in [6.45, 7) is 1.68. The molecule has 2 fully saturated rings. The van der Waals surface area contributed by atoms with Crippen molar-refractivity contribution >= 4 is 22.9 Å². The molecule has 1 saturated carbocycles. The first kappa shape index (κ1) is 14.9. The Morgan fingerprint density at radius 1 is 1.29 bits per heavy atom. The average molecular weight is 322 g/mol. The van der Waals surface area contributed by atoms with E-state index in [4.69, 9.17) is 0 Å². The number of fused-ring (bicyclic) bond motifs is 1. The van der Waals surface area contributed by atoms with Crippen LogP contribution in [0.2, 0.25) is 0 Å². The molecule has 2 aliphatic rings.